The molecule has 8 nitrogen and oxygen atoms in total. The molecular weight excluding hydrogens is 511 g/mol. The fourth-order valence-electron chi connectivity index (χ4n) is 5.17. The van der Waals surface area contributed by atoms with Crippen molar-refractivity contribution in [2.24, 2.45) is 11.3 Å². The smallest absolute Gasteiger partial charge is 0.184 e. The number of nitrogens with zero attached hydrogens (tertiary/aromatic N) is 4. The van der Waals surface area contributed by atoms with E-state index in [1.807, 2.05) is 24.3 Å². The number of halogens is 2. The highest BCUT2D eigenvalue weighted by Gasteiger charge is 2.34. The molecule has 4 rings (SSSR count). The summed E-state index contributed by atoms with van der Waals surface area (Å²) in [6.45, 7) is 7.48. The molecule has 10 heteroatoms. The minimum Gasteiger partial charge on any atom is -0.388 e. The van der Waals surface area contributed by atoms with E-state index in [1.54, 1.807) is 18.2 Å². The molecule has 1 aliphatic carbocycles. The van der Waals surface area contributed by atoms with Crippen LogP contribution in [-0.2, 0) is 13.0 Å². The number of hydrogen-bond donors (Lipinski definition) is 4. The van der Waals surface area contributed by atoms with Crippen LogP contribution in [-0.4, -0.2) is 48.1 Å². The first kappa shape index (κ1) is 27.8. The molecule has 0 radical (unpaired) electrons. The Morgan fingerprint density at radius 2 is 1.68 bits per heavy atom. The first-order valence-corrected chi connectivity index (χ1v) is 13.5. The van der Waals surface area contributed by atoms with Crippen molar-refractivity contribution in [3.8, 4) is 0 Å². The SMILES string of the molecule is CC(C)(C)C1CCC(N(Cc2ccc(C(O)Cc3nn[nH]n3)cc2)C(O)Nc2cc(Cl)cc(Cl)c2)CC1. The van der Waals surface area contributed by atoms with E-state index in [2.05, 4.69) is 51.6 Å². The van der Waals surface area contributed by atoms with Gasteiger partial charge < -0.3 is 15.5 Å². The summed E-state index contributed by atoms with van der Waals surface area (Å²) in [4.78, 5) is 2.11. The molecule has 0 bridgehead atoms. The summed E-state index contributed by atoms with van der Waals surface area (Å²) in [7, 11) is 0. The highest BCUT2D eigenvalue weighted by Crippen LogP contribution is 2.39. The average molecular weight is 548 g/mol. The minimum absolute atomic E-state index is 0.222. The minimum atomic E-state index is -0.922. The van der Waals surface area contributed by atoms with Crippen molar-refractivity contribution < 1.29 is 10.2 Å². The average Bonchev–Trinajstić information content (AvgIpc) is 3.35. The van der Waals surface area contributed by atoms with Gasteiger partial charge in [-0.05, 0) is 66.3 Å². The summed E-state index contributed by atoms with van der Waals surface area (Å²) < 4.78 is 0. The lowest BCUT2D eigenvalue weighted by Crippen LogP contribution is -2.48. The number of hydrogen-bond acceptors (Lipinski definition) is 7. The molecule has 1 aliphatic rings. The van der Waals surface area contributed by atoms with E-state index >= 15 is 0 Å². The number of nitrogens with one attached hydrogen (secondary N) is 2. The van der Waals surface area contributed by atoms with Gasteiger partial charge in [-0.25, -0.2) is 0 Å². The van der Waals surface area contributed by atoms with Gasteiger partial charge in [-0.15, -0.1) is 10.2 Å². The van der Waals surface area contributed by atoms with Crippen molar-refractivity contribution in [1.29, 1.82) is 0 Å². The van der Waals surface area contributed by atoms with Gasteiger partial charge in [0.2, 0.25) is 0 Å². The maximum atomic E-state index is 11.3. The first-order chi connectivity index (χ1) is 17.6. The van der Waals surface area contributed by atoms with Gasteiger partial charge in [0.15, 0.2) is 12.2 Å². The second-order valence-corrected chi connectivity index (χ2v) is 11.9. The standard InChI is InChI=1S/C27H36Cl2N6O2/c1-27(2,3)19-8-10-23(11-9-19)35(26(37)30-22-13-20(28)12-21(29)14-22)16-17-4-6-18(7-5-17)24(36)15-25-31-33-34-32-25/h4-7,12-14,19,23-24,26,30,36-37H,8-11,15-16H2,1-3H3,(H,31,32,33,34). The monoisotopic (exact) mass is 546 g/mol. The van der Waals surface area contributed by atoms with E-state index in [9.17, 15) is 10.2 Å². The van der Waals surface area contributed by atoms with Crippen LogP contribution in [0.25, 0.3) is 0 Å². The van der Waals surface area contributed by atoms with Gasteiger partial charge in [0, 0.05) is 34.7 Å². The number of benzene rings is 2. The Hall–Kier alpha value is -2.23. The summed E-state index contributed by atoms with van der Waals surface area (Å²) in [6.07, 6.45) is 2.91. The van der Waals surface area contributed by atoms with E-state index in [0.717, 1.165) is 36.8 Å². The Kier molecular flexibility index (Phi) is 9.08. The molecule has 0 amide bonds. The Morgan fingerprint density at radius 1 is 1.03 bits per heavy atom. The molecule has 1 fully saturated rings. The number of rotatable bonds is 9. The lowest BCUT2D eigenvalue weighted by Gasteiger charge is -2.43. The second-order valence-electron chi connectivity index (χ2n) is 11.0. The van der Waals surface area contributed by atoms with Gasteiger partial charge >= 0.3 is 0 Å². The molecule has 4 N–H and O–H groups in total. The largest absolute Gasteiger partial charge is 0.388 e. The lowest BCUT2D eigenvalue weighted by molar-refractivity contribution is -0.0313. The molecule has 0 spiro atoms. The van der Waals surface area contributed by atoms with Crippen LogP contribution in [0.15, 0.2) is 42.5 Å². The van der Waals surface area contributed by atoms with Crippen LogP contribution in [0.5, 0.6) is 0 Å². The van der Waals surface area contributed by atoms with Gasteiger partial charge in [-0.3, -0.25) is 4.90 Å². The van der Waals surface area contributed by atoms with Crippen LogP contribution in [0.3, 0.4) is 0 Å². The molecule has 0 aliphatic heterocycles. The first-order valence-electron chi connectivity index (χ1n) is 12.7. The Balaban J connectivity index is 1.48. The highest BCUT2D eigenvalue weighted by molar-refractivity contribution is 6.35. The molecule has 1 aromatic heterocycles. The maximum Gasteiger partial charge on any atom is 0.184 e. The Morgan fingerprint density at radius 3 is 2.24 bits per heavy atom. The summed E-state index contributed by atoms with van der Waals surface area (Å²) in [5.41, 5.74) is 2.76. The van der Waals surface area contributed by atoms with E-state index in [4.69, 9.17) is 23.2 Å². The zero-order chi connectivity index (χ0) is 26.6. The molecule has 2 unspecified atom stereocenters. The molecule has 2 atom stereocenters. The molecule has 1 heterocycles. The Bertz CT molecular complexity index is 1110. The third-order valence-corrected chi connectivity index (χ3v) is 7.79. The van der Waals surface area contributed by atoms with Crippen LogP contribution < -0.4 is 5.32 Å². The number of anilines is 1. The zero-order valence-electron chi connectivity index (χ0n) is 21.5. The molecule has 37 heavy (non-hydrogen) atoms. The maximum absolute atomic E-state index is 11.3. The third kappa shape index (κ3) is 7.65. The number of aromatic nitrogens is 4. The fourth-order valence-corrected chi connectivity index (χ4v) is 5.70. The van der Waals surface area contributed by atoms with Crippen molar-refractivity contribution in [2.45, 2.75) is 77.9 Å². The van der Waals surface area contributed by atoms with Crippen LogP contribution in [0.4, 0.5) is 5.69 Å². The summed E-state index contributed by atoms with van der Waals surface area (Å²) >= 11 is 12.4. The number of tetrazole rings is 1. The normalized spacial score (nSPS) is 20.1. The molecule has 3 aromatic rings. The van der Waals surface area contributed by atoms with Crippen LogP contribution in [0.2, 0.25) is 10.0 Å². The molecule has 200 valence electrons. The van der Waals surface area contributed by atoms with E-state index in [1.165, 1.54) is 0 Å². The summed E-state index contributed by atoms with van der Waals surface area (Å²) in [6, 6.07) is 13.2. The number of aliphatic hydroxyl groups excluding tert-OH is 2. The third-order valence-electron chi connectivity index (χ3n) is 7.36. The summed E-state index contributed by atoms with van der Waals surface area (Å²) in [5, 5.41) is 39.9. The van der Waals surface area contributed by atoms with Crippen molar-refractivity contribution in [3.63, 3.8) is 0 Å². The zero-order valence-corrected chi connectivity index (χ0v) is 23.0. The molecule has 0 saturated heterocycles. The Labute approximate surface area is 228 Å². The van der Waals surface area contributed by atoms with E-state index < -0.39 is 12.5 Å². The molecular formula is C27H36Cl2N6O2. The van der Waals surface area contributed by atoms with Crippen molar-refractivity contribution in [3.05, 3.63) is 69.5 Å². The number of aromatic amines is 1. The molecule has 2 aromatic carbocycles. The highest BCUT2D eigenvalue weighted by atomic mass is 35.5. The fraction of sp³-hybridized carbons (Fsp3) is 0.519. The number of aliphatic hydroxyl groups is 2. The number of H-pyrrole nitrogens is 1. The van der Waals surface area contributed by atoms with Crippen molar-refractivity contribution in [1.82, 2.24) is 25.5 Å². The topological polar surface area (TPSA) is 110 Å². The van der Waals surface area contributed by atoms with Gasteiger partial charge in [-0.1, -0.05) is 73.5 Å². The quantitative estimate of drug-likeness (QED) is 0.259. The predicted molar refractivity (Wildman–Crippen MR) is 146 cm³/mol. The summed E-state index contributed by atoms with van der Waals surface area (Å²) in [5.74, 6) is 1.13. The molecule has 1 saturated carbocycles. The van der Waals surface area contributed by atoms with E-state index in [-0.39, 0.29) is 17.9 Å². The van der Waals surface area contributed by atoms with Crippen molar-refractivity contribution >= 4 is 28.9 Å². The van der Waals surface area contributed by atoms with Gasteiger partial charge in [0.05, 0.1) is 6.10 Å². The van der Waals surface area contributed by atoms with Gasteiger partial charge in [0.25, 0.3) is 0 Å². The van der Waals surface area contributed by atoms with E-state index in [0.29, 0.717) is 34.0 Å². The van der Waals surface area contributed by atoms with Gasteiger partial charge in [0.1, 0.15) is 0 Å². The predicted octanol–water partition coefficient (Wildman–Crippen LogP) is 5.58. The second kappa shape index (κ2) is 12.1. The van der Waals surface area contributed by atoms with Crippen LogP contribution in [0, 0.1) is 11.3 Å². The van der Waals surface area contributed by atoms with Gasteiger partial charge in [-0.2, -0.15) is 5.21 Å². The van der Waals surface area contributed by atoms with Crippen molar-refractivity contribution in [2.75, 3.05) is 5.32 Å². The lowest BCUT2D eigenvalue weighted by atomic mass is 9.71. The van der Waals surface area contributed by atoms with Crippen LogP contribution >= 0.6 is 23.2 Å². The van der Waals surface area contributed by atoms with Crippen LogP contribution in [0.1, 0.15) is 69.5 Å².